The molecule has 2 aromatic carbocycles. The molecule has 2 atom stereocenters. The Hall–Kier alpha value is -1.96. The fourth-order valence-electron chi connectivity index (χ4n) is 4.80. The van der Waals surface area contributed by atoms with E-state index < -0.39 is 11.4 Å². The minimum absolute atomic E-state index is 0.115. The lowest BCUT2D eigenvalue weighted by Crippen LogP contribution is -2.49. The maximum atomic E-state index is 13.4. The van der Waals surface area contributed by atoms with Gasteiger partial charge in [-0.3, -0.25) is 9.59 Å². The fourth-order valence-corrected chi connectivity index (χ4v) is 5.36. The summed E-state index contributed by atoms with van der Waals surface area (Å²) in [5.41, 5.74) is 2.84. The molecule has 2 unspecified atom stereocenters. The van der Waals surface area contributed by atoms with Gasteiger partial charge < -0.3 is 10.0 Å². The number of carbonyl (C=O) groups is 2. The highest BCUT2D eigenvalue weighted by Crippen LogP contribution is 2.49. The molecule has 1 aliphatic carbocycles. The molecule has 140 valence electrons. The van der Waals surface area contributed by atoms with Gasteiger partial charge in [-0.25, -0.2) is 4.39 Å². The average molecular weight is 479 g/mol. The average Bonchev–Trinajstić information content (AvgIpc) is 2.88. The first kappa shape index (κ1) is 18.4. The van der Waals surface area contributed by atoms with Gasteiger partial charge in [-0.05, 0) is 82.8 Å². The highest BCUT2D eigenvalue weighted by Gasteiger charge is 2.55. The lowest BCUT2D eigenvalue weighted by molar-refractivity contribution is -0.143. The van der Waals surface area contributed by atoms with Gasteiger partial charge in [-0.2, -0.15) is 0 Å². The molecule has 1 aliphatic heterocycles. The molecule has 1 fully saturated rings. The van der Waals surface area contributed by atoms with E-state index in [-0.39, 0.29) is 30.7 Å². The Bertz CT molecular complexity index is 914. The van der Waals surface area contributed by atoms with Gasteiger partial charge in [-0.1, -0.05) is 18.2 Å². The molecule has 0 spiro atoms. The summed E-state index contributed by atoms with van der Waals surface area (Å²) in [6.07, 6.45) is 2.45. The Morgan fingerprint density at radius 3 is 2.70 bits per heavy atom. The SMILES string of the molecule is O=C(O)CN1C(=O)CC2(Cc3ccc(F)cc3)c3ccc(I)cc3CCC12. The van der Waals surface area contributed by atoms with Crippen LogP contribution in [0.1, 0.15) is 29.5 Å². The number of carboxylic acids is 1. The van der Waals surface area contributed by atoms with Gasteiger partial charge in [0.25, 0.3) is 0 Å². The van der Waals surface area contributed by atoms with Crippen LogP contribution in [-0.2, 0) is 27.8 Å². The number of carboxylic acid groups (broad SMARTS) is 1. The third kappa shape index (κ3) is 3.24. The van der Waals surface area contributed by atoms with Gasteiger partial charge in [-0.15, -0.1) is 0 Å². The van der Waals surface area contributed by atoms with Gasteiger partial charge in [0.05, 0.1) is 0 Å². The third-order valence-corrected chi connectivity index (χ3v) is 6.50. The van der Waals surface area contributed by atoms with Gasteiger partial charge in [0.15, 0.2) is 0 Å². The van der Waals surface area contributed by atoms with Crippen molar-refractivity contribution in [2.45, 2.75) is 37.1 Å². The van der Waals surface area contributed by atoms with Crippen LogP contribution in [-0.4, -0.2) is 34.5 Å². The molecule has 2 aliphatic rings. The van der Waals surface area contributed by atoms with Crippen LogP contribution >= 0.6 is 22.6 Å². The van der Waals surface area contributed by atoms with E-state index in [1.54, 1.807) is 12.1 Å². The predicted octanol–water partition coefficient (Wildman–Crippen LogP) is 3.54. The number of nitrogens with zero attached hydrogens (tertiary/aromatic N) is 1. The van der Waals surface area contributed by atoms with Crippen molar-refractivity contribution in [2.75, 3.05) is 6.54 Å². The second-order valence-electron chi connectivity index (χ2n) is 7.41. The molecular weight excluding hydrogens is 460 g/mol. The molecule has 1 N–H and O–H groups in total. The van der Waals surface area contributed by atoms with Crippen molar-refractivity contribution < 1.29 is 19.1 Å². The number of benzene rings is 2. The van der Waals surface area contributed by atoms with Crippen molar-refractivity contribution in [3.63, 3.8) is 0 Å². The highest BCUT2D eigenvalue weighted by molar-refractivity contribution is 14.1. The first-order valence-corrected chi connectivity index (χ1v) is 10.0. The van der Waals surface area contributed by atoms with E-state index in [1.807, 2.05) is 6.07 Å². The van der Waals surface area contributed by atoms with E-state index in [1.165, 1.54) is 22.6 Å². The van der Waals surface area contributed by atoms with Crippen LogP contribution < -0.4 is 0 Å². The lowest BCUT2D eigenvalue weighted by Gasteiger charge is -2.43. The number of halogens is 2. The predicted molar refractivity (Wildman–Crippen MR) is 107 cm³/mol. The van der Waals surface area contributed by atoms with E-state index in [9.17, 15) is 19.1 Å². The van der Waals surface area contributed by atoms with Gasteiger partial charge in [0.1, 0.15) is 12.4 Å². The second-order valence-corrected chi connectivity index (χ2v) is 8.65. The van der Waals surface area contributed by atoms with Crippen molar-refractivity contribution in [3.8, 4) is 0 Å². The molecular formula is C21H19FINO3. The van der Waals surface area contributed by atoms with Crippen LogP contribution in [0.15, 0.2) is 42.5 Å². The monoisotopic (exact) mass is 479 g/mol. The highest BCUT2D eigenvalue weighted by atomic mass is 127. The van der Waals surface area contributed by atoms with E-state index >= 15 is 0 Å². The largest absolute Gasteiger partial charge is 0.480 e. The Labute approximate surface area is 170 Å². The lowest BCUT2D eigenvalue weighted by atomic mass is 9.64. The van der Waals surface area contributed by atoms with Gasteiger partial charge in [0, 0.05) is 21.4 Å². The minimum Gasteiger partial charge on any atom is -0.480 e. The third-order valence-electron chi connectivity index (χ3n) is 5.83. The quantitative estimate of drug-likeness (QED) is 0.683. The van der Waals surface area contributed by atoms with Crippen molar-refractivity contribution in [2.24, 2.45) is 0 Å². The molecule has 2 aromatic rings. The maximum absolute atomic E-state index is 13.4. The zero-order chi connectivity index (χ0) is 19.2. The van der Waals surface area contributed by atoms with Crippen LogP contribution in [0.4, 0.5) is 4.39 Å². The molecule has 0 aromatic heterocycles. The number of likely N-dealkylation sites (tertiary alicyclic amines) is 1. The van der Waals surface area contributed by atoms with E-state index in [2.05, 4.69) is 34.7 Å². The number of amides is 1. The first-order chi connectivity index (χ1) is 12.9. The van der Waals surface area contributed by atoms with Crippen LogP contribution in [0, 0.1) is 9.39 Å². The first-order valence-electron chi connectivity index (χ1n) is 8.94. The topological polar surface area (TPSA) is 57.6 Å². The van der Waals surface area contributed by atoms with Crippen LogP contribution in [0.3, 0.4) is 0 Å². The molecule has 6 heteroatoms. The summed E-state index contributed by atoms with van der Waals surface area (Å²) in [5.74, 6) is -1.40. The summed E-state index contributed by atoms with van der Waals surface area (Å²) in [4.78, 5) is 25.7. The Morgan fingerprint density at radius 1 is 1.26 bits per heavy atom. The van der Waals surface area contributed by atoms with Crippen molar-refractivity contribution in [1.29, 1.82) is 0 Å². The molecule has 4 rings (SSSR count). The molecule has 4 nitrogen and oxygen atoms in total. The number of aliphatic carboxylic acids is 1. The molecule has 0 saturated carbocycles. The number of aryl methyl sites for hydroxylation is 1. The van der Waals surface area contributed by atoms with Crippen LogP contribution in [0.2, 0.25) is 0 Å². The van der Waals surface area contributed by atoms with Crippen LogP contribution in [0.5, 0.6) is 0 Å². The summed E-state index contributed by atoms with van der Waals surface area (Å²) < 4.78 is 14.5. The van der Waals surface area contributed by atoms with Gasteiger partial charge in [0.2, 0.25) is 5.91 Å². The standard InChI is InChI=1S/C21H19FINO3/c22-15-4-1-13(2-5-15)10-21-11-19(25)24(12-20(26)27)18(21)8-3-14-9-16(23)6-7-17(14)21/h1-2,4-7,9,18H,3,8,10-12H2,(H,26,27). The van der Waals surface area contributed by atoms with Crippen LogP contribution in [0.25, 0.3) is 0 Å². The number of fused-ring (bicyclic) bond motifs is 3. The van der Waals surface area contributed by atoms with E-state index in [0.29, 0.717) is 6.42 Å². The molecule has 1 saturated heterocycles. The van der Waals surface area contributed by atoms with Crippen molar-refractivity contribution in [3.05, 3.63) is 68.5 Å². The Kier molecular flexibility index (Phi) is 4.70. The summed E-state index contributed by atoms with van der Waals surface area (Å²) in [6, 6.07) is 12.5. The molecule has 27 heavy (non-hydrogen) atoms. The smallest absolute Gasteiger partial charge is 0.323 e. The van der Waals surface area contributed by atoms with E-state index in [0.717, 1.165) is 27.5 Å². The van der Waals surface area contributed by atoms with Gasteiger partial charge >= 0.3 is 5.97 Å². The number of hydrogen-bond acceptors (Lipinski definition) is 2. The number of carbonyl (C=O) groups excluding carboxylic acids is 1. The summed E-state index contributed by atoms with van der Waals surface area (Å²) in [5, 5.41) is 9.28. The maximum Gasteiger partial charge on any atom is 0.323 e. The van der Waals surface area contributed by atoms with Crippen molar-refractivity contribution in [1.82, 2.24) is 4.90 Å². The minimum atomic E-state index is -0.991. The fraction of sp³-hybridized carbons (Fsp3) is 0.333. The Morgan fingerprint density at radius 2 is 2.00 bits per heavy atom. The molecule has 0 radical (unpaired) electrons. The molecule has 1 heterocycles. The number of hydrogen-bond donors (Lipinski definition) is 1. The summed E-state index contributed by atoms with van der Waals surface area (Å²) in [7, 11) is 0. The normalized spacial score (nSPS) is 23.9. The number of rotatable bonds is 4. The molecule has 1 amide bonds. The van der Waals surface area contributed by atoms with Crippen molar-refractivity contribution >= 4 is 34.5 Å². The summed E-state index contributed by atoms with van der Waals surface area (Å²) in [6.45, 7) is -0.269. The zero-order valence-corrected chi connectivity index (χ0v) is 16.8. The Balaban J connectivity index is 1.82. The molecule has 0 bridgehead atoms. The summed E-state index contributed by atoms with van der Waals surface area (Å²) >= 11 is 2.29. The zero-order valence-electron chi connectivity index (χ0n) is 14.6. The van der Waals surface area contributed by atoms with E-state index in [4.69, 9.17) is 0 Å². The second kappa shape index (κ2) is 6.89.